The number of hydrogen-bond donors (Lipinski definition) is 0. The summed E-state index contributed by atoms with van der Waals surface area (Å²) in [4.78, 5) is 37.9. The van der Waals surface area contributed by atoms with Crippen LogP contribution in [-0.2, 0) is 14.2 Å². The molecule has 0 aliphatic heterocycles. The number of alkyl halides is 1. The van der Waals surface area contributed by atoms with Crippen LogP contribution in [0.4, 0.5) is 0 Å². The smallest absolute Gasteiger partial charge is 0.338 e. The van der Waals surface area contributed by atoms with Gasteiger partial charge < -0.3 is 14.2 Å². The Labute approximate surface area is 202 Å². The third kappa shape index (κ3) is 5.64. The highest BCUT2D eigenvalue weighted by Gasteiger charge is 2.48. The van der Waals surface area contributed by atoms with Crippen molar-refractivity contribution in [3.05, 3.63) is 108 Å². The van der Waals surface area contributed by atoms with Gasteiger partial charge in [0.1, 0.15) is 6.10 Å². The molecule has 174 valence electrons. The lowest BCUT2D eigenvalue weighted by Gasteiger charge is -2.25. The zero-order valence-electron chi connectivity index (χ0n) is 18.2. The Morgan fingerprint density at radius 1 is 0.647 bits per heavy atom. The molecule has 0 saturated heterocycles. The number of benzene rings is 3. The summed E-state index contributed by atoms with van der Waals surface area (Å²) in [6.07, 6.45) is -1.45. The standard InChI is InChI=1S/C27H23ClO6/c28-22-16-21(17-32-25(29)18-10-4-1-5-11-18)23(33-26(30)19-12-6-2-7-13-19)24(22)34-27(31)20-14-8-3-9-15-20/h1-15,21-24H,16-17H2/t21-,22+,23+,24?/m0/s1. The van der Waals surface area contributed by atoms with Gasteiger partial charge in [-0.05, 0) is 42.8 Å². The van der Waals surface area contributed by atoms with Gasteiger partial charge in [0.25, 0.3) is 0 Å². The first kappa shape index (κ1) is 23.5. The highest BCUT2D eigenvalue weighted by molar-refractivity contribution is 6.21. The van der Waals surface area contributed by atoms with Gasteiger partial charge in [0, 0.05) is 5.92 Å². The fraction of sp³-hybridized carbons (Fsp3) is 0.222. The number of halogens is 1. The van der Waals surface area contributed by atoms with Crippen molar-refractivity contribution in [2.75, 3.05) is 6.61 Å². The van der Waals surface area contributed by atoms with Crippen LogP contribution in [0.1, 0.15) is 37.5 Å². The molecule has 1 aliphatic rings. The maximum absolute atomic E-state index is 12.8. The molecule has 4 rings (SSSR count). The second kappa shape index (κ2) is 11.0. The topological polar surface area (TPSA) is 78.9 Å². The van der Waals surface area contributed by atoms with Crippen LogP contribution in [0.2, 0.25) is 0 Å². The van der Waals surface area contributed by atoms with Gasteiger partial charge in [0.15, 0.2) is 6.10 Å². The quantitative estimate of drug-likeness (QED) is 0.272. The van der Waals surface area contributed by atoms with Crippen LogP contribution in [0, 0.1) is 5.92 Å². The molecule has 0 aromatic heterocycles. The number of carbonyl (C=O) groups is 3. The molecule has 6 nitrogen and oxygen atoms in total. The van der Waals surface area contributed by atoms with Crippen LogP contribution in [0.3, 0.4) is 0 Å². The molecule has 1 unspecified atom stereocenters. The minimum absolute atomic E-state index is 0.0386. The Balaban J connectivity index is 1.51. The summed E-state index contributed by atoms with van der Waals surface area (Å²) in [5.41, 5.74) is 1.12. The molecule has 0 N–H and O–H groups in total. The summed E-state index contributed by atoms with van der Waals surface area (Å²) >= 11 is 6.55. The van der Waals surface area contributed by atoms with E-state index in [-0.39, 0.29) is 6.61 Å². The molecule has 1 saturated carbocycles. The van der Waals surface area contributed by atoms with Crippen molar-refractivity contribution >= 4 is 29.5 Å². The molecule has 3 aromatic rings. The van der Waals surface area contributed by atoms with Crippen LogP contribution in [0.25, 0.3) is 0 Å². The number of carbonyl (C=O) groups excluding carboxylic acids is 3. The Morgan fingerprint density at radius 2 is 1.06 bits per heavy atom. The summed E-state index contributed by atoms with van der Waals surface area (Å²) in [5, 5.41) is -0.623. The van der Waals surface area contributed by atoms with Crippen molar-refractivity contribution in [3.8, 4) is 0 Å². The molecular formula is C27H23ClO6. The third-order valence-electron chi connectivity index (χ3n) is 5.62. The zero-order chi connectivity index (χ0) is 23.9. The summed E-state index contributed by atoms with van der Waals surface area (Å²) < 4.78 is 17.0. The molecule has 0 radical (unpaired) electrons. The van der Waals surface area contributed by atoms with Gasteiger partial charge in [0.05, 0.1) is 28.7 Å². The lowest BCUT2D eigenvalue weighted by atomic mass is 10.1. The normalized spacial score (nSPS) is 21.4. The Kier molecular flexibility index (Phi) is 7.60. The van der Waals surface area contributed by atoms with E-state index in [2.05, 4.69) is 0 Å². The maximum atomic E-state index is 12.8. The van der Waals surface area contributed by atoms with Crippen LogP contribution >= 0.6 is 11.6 Å². The van der Waals surface area contributed by atoms with E-state index in [1.165, 1.54) is 0 Å². The minimum atomic E-state index is -0.900. The van der Waals surface area contributed by atoms with Crippen molar-refractivity contribution < 1.29 is 28.6 Å². The second-order valence-corrected chi connectivity index (χ2v) is 8.51. The average molecular weight is 479 g/mol. The summed E-state index contributed by atoms with van der Waals surface area (Å²) in [7, 11) is 0. The maximum Gasteiger partial charge on any atom is 0.338 e. The van der Waals surface area contributed by atoms with Crippen LogP contribution in [-0.4, -0.2) is 42.1 Å². The lowest BCUT2D eigenvalue weighted by molar-refractivity contribution is -0.0426. The Bertz CT molecular complexity index is 1120. The van der Waals surface area contributed by atoms with Crippen molar-refractivity contribution in [1.82, 2.24) is 0 Å². The largest absolute Gasteiger partial charge is 0.462 e. The lowest BCUT2D eigenvalue weighted by Crippen LogP contribution is -2.39. The molecule has 0 amide bonds. The summed E-state index contributed by atoms with van der Waals surface area (Å²) in [5.74, 6) is -2.09. The van der Waals surface area contributed by atoms with Crippen molar-refractivity contribution in [2.45, 2.75) is 24.0 Å². The predicted molar refractivity (Wildman–Crippen MR) is 126 cm³/mol. The van der Waals surface area contributed by atoms with E-state index in [1.807, 2.05) is 0 Å². The third-order valence-corrected chi connectivity index (χ3v) is 6.04. The van der Waals surface area contributed by atoms with E-state index in [0.717, 1.165) is 0 Å². The number of rotatable bonds is 7. The molecule has 0 heterocycles. The number of ether oxygens (including phenoxy) is 3. The van der Waals surface area contributed by atoms with Gasteiger partial charge in [-0.25, -0.2) is 14.4 Å². The fourth-order valence-electron chi connectivity index (χ4n) is 3.87. The summed E-state index contributed by atoms with van der Waals surface area (Å²) in [6.45, 7) is -0.0386. The van der Waals surface area contributed by atoms with Gasteiger partial charge in [-0.3, -0.25) is 0 Å². The van der Waals surface area contributed by atoms with E-state index in [1.54, 1.807) is 91.0 Å². The Hall–Kier alpha value is -3.64. The molecular weight excluding hydrogens is 456 g/mol. The second-order valence-electron chi connectivity index (χ2n) is 7.95. The Morgan fingerprint density at radius 3 is 1.53 bits per heavy atom. The molecule has 0 spiro atoms. The summed E-state index contributed by atoms with van der Waals surface area (Å²) in [6, 6.07) is 25.6. The van der Waals surface area contributed by atoms with Crippen molar-refractivity contribution in [2.24, 2.45) is 5.92 Å². The minimum Gasteiger partial charge on any atom is -0.462 e. The van der Waals surface area contributed by atoms with Gasteiger partial charge in [0.2, 0.25) is 0 Å². The van der Waals surface area contributed by atoms with Crippen LogP contribution < -0.4 is 0 Å². The van der Waals surface area contributed by atoms with Crippen LogP contribution in [0.15, 0.2) is 91.0 Å². The highest BCUT2D eigenvalue weighted by Crippen LogP contribution is 2.36. The molecule has 7 heteroatoms. The first-order valence-electron chi connectivity index (χ1n) is 10.9. The van der Waals surface area contributed by atoms with Gasteiger partial charge in [-0.2, -0.15) is 0 Å². The van der Waals surface area contributed by atoms with E-state index >= 15 is 0 Å². The molecule has 1 fully saturated rings. The van der Waals surface area contributed by atoms with Gasteiger partial charge in [-0.15, -0.1) is 11.6 Å². The van der Waals surface area contributed by atoms with Crippen molar-refractivity contribution in [3.63, 3.8) is 0 Å². The average Bonchev–Trinajstić information content (AvgIpc) is 3.17. The number of hydrogen-bond acceptors (Lipinski definition) is 6. The van der Waals surface area contributed by atoms with E-state index in [0.29, 0.717) is 23.1 Å². The first-order chi connectivity index (χ1) is 16.5. The molecule has 0 bridgehead atoms. The first-order valence-corrected chi connectivity index (χ1v) is 11.3. The molecule has 34 heavy (non-hydrogen) atoms. The van der Waals surface area contributed by atoms with Crippen molar-refractivity contribution in [1.29, 1.82) is 0 Å². The molecule has 4 atom stereocenters. The monoisotopic (exact) mass is 478 g/mol. The van der Waals surface area contributed by atoms with E-state index in [9.17, 15) is 14.4 Å². The van der Waals surface area contributed by atoms with Gasteiger partial charge >= 0.3 is 17.9 Å². The van der Waals surface area contributed by atoms with E-state index < -0.39 is 41.4 Å². The molecule has 3 aromatic carbocycles. The van der Waals surface area contributed by atoms with E-state index in [4.69, 9.17) is 25.8 Å². The molecule has 1 aliphatic carbocycles. The predicted octanol–water partition coefficient (Wildman–Crippen LogP) is 4.92. The fourth-order valence-corrected chi connectivity index (χ4v) is 4.29. The highest BCUT2D eigenvalue weighted by atomic mass is 35.5. The number of esters is 3. The zero-order valence-corrected chi connectivity index (χ0v) is 19.0. The van der Waals surface area contributed by atoms with Gasteiger partial charge in [-0.1, -0.05) is 54.6 Å². The SMILES string of the molecule is O=C(OC[C@@H]1C[C@@H](Cl)C(OC(=O)c2ccccc2)[C@@H]1OC(=O)c1ccccc1)c1ccccc1. The van der Waals surface area contributed by atoms with Crippen LogP contribution in [0.5, 0.6) is 0 Å².